The lowest BCUT2D eigenvalue weighted by molar-refractivity contribution is 0.0268. The number of benzene rings is 1. The van der Waals surface area contributed by atoms with Crippen molar-refractivity contribution < 1.29 is 9.13 Å². The molecule has 0 spiro atoms. The van der Waals surface area contributed by atoms with E-state index in [0.29, 0.717) is 13.1 Å². The number of nitrogens with zero attached hydrogens (tertiary/aromatic N) is 1. The maximum atomic E-state index is 13.0. The van der Waals surface area contributed by atoms with Crippen molar-refractivity contribution in [3.63, 3.8) is 0 Å². The van der Waals surface area contributed by atoms with Crippen LogP contribution in [0.2, 0.25) is 0 Å². The van der Waals surface area contributed by atoms with Gasteiger partial charge < -0.3 is 15.4 Å². The van der Waals surface area contributed by atoms with Crippen LogP contribution in [0, 0.1) is 5.82 Å². The van der Waals surface area contributed by atoms with Crippen LogP contribution in [0.3, 0.4) is 0 Å². The van der Waals surface area contributed by atoms with Crippen molar-refractivity contribution in [2.75, 3.05) is 27.2 Å². The highest BCUT2D eigenvalue weighted by atomic mass is 19.1. The molecule has 0 saturated heterocycles. The fraction of sp³-hybridized carbons (Fsp3) is 0.588. The third-order valence-electron chi connectivity index (χ3n) is 3.78. The predicted molar refractivity (Wildman–Crippen MR) is 89.9 cm³/mol. The Hall–Kier alpha value is -1.62. The molecule has 0 amide bonds. The van der Waals surface area contributed by atoms with Crippen LogP contribution < -0.4 is 10.6 Å². The van der Waals surface area contributed by atoms with Crippen LogP contribution in [0.4, 0.5) is 4.39 Å². The largest absolute Gasteiger partial charge is 0.377 e. The molecule has 0 unspecified atom stereocenters. The molecule has 0 radical (unpaired) electrons. The first-order valence-electron chi connectivity index (χ1n) is 7.46. The molecular weight excluding hydrogens is 281 g/mol. The molecule has 124 valence electrons. The minimum atomic E-state index is -0.260. The number of guanidine groups is 1. The van der Waals surface area contributed by atoms with E-state index in [1.54, 1.807) is 14.2 Å². The van der Waals surface area contributed by atoms with Gasteiger partial charge in [0.2, 0.25) is 0 Å². The van der Waals surface area contributed by atoms with Crippen molar-refractivity contribution >= 4 is 5.96 Å². The molecule has 0 aromatic heterocycles. The predicted octanol–water partition coefficient (Wildman–Crippen LogP) is 2.69. The van der Waals surface area contributed by atoms with Crippen LogP contribution in [0.5, 0.6) is 0 Å². The molecule has 0 fully saturated rings. The zero-order chi connectivity index (χ0) is 16.8. The number of halogens is 1. The first-order valence-corrected chi connectivity index (χ1v) is 7.46. The van der Waals surface area contributed by atoms with Crippen LogP contribution in [0.15, 0.2) is 29.3 Å². The highest BCUT2D eigenvalue weighted by Gasteiger charge is 2.22. The van der Waals surface area contributed by atoms with Gasteiger partial charge in [0, 0.05) is 32.7 Å². The van der Waals surface area contributed by atoms with E-state index in [-0.39, 0.29) is 16.8 Å². The highest BCUT2D eigenvalue weighted by Crippen LogP contribution is 2.22. The average Bonchev–Trinajstić information content (AvgIpc) is 2.48. The van der Waals surface area contributed by atoms with Gasteiger partial charge in [0.1, 0.15) is 5.82 Å². The number of nitrogens with one attached hydrogen (secondary N) is 2. The molecule has 1 aromatic rings. The maximum Gasteiger partial charge on any atom is 0.191 e. The molecule has 1 rings (SSSR count). The zero-order valence-corrected chi connectivity index (χ0v) is 14.5. The summed E-state index contributed by atoms with van der Waals surface area (Å²) in [6.07, 6.45) is 0. The summed E-state index contributed by atoms with van der Waals surface area (Å²) in [5.41, 5.74) is 0.681. The topological polar surface area (TPSA) is 45.7 Å². The summed E-state index contributed by atoms with van der Waals surface area (Å²) in [6.45, 7) is 9.58. The van der Waals surface area contributed by atoms with E-state index in [2.05, 4.69) is 29.5 Å². The number of rotatable bonds is 6. The SMILES string of the molecule is CN=C(NCC(C)(C)OC)NCC(C)(C)c1ccc(F)cc1. The van der Waals surface area contributed by atoms with Gasteiger partial charge in [0.05, 0.1) is 5.60 Å². The second kappa shape index (κ2) is 7.58. The molecule has 0 aliphatic heterocycles. The van der Waals surface area contributed by atoms with Crippen LogP contribution >= 0.6 is 0 Å². The lowest BCUT2D eigenvalue weighted by Gasteiger charge is -2.28. The molecule has 4 nitrogen and oxygen atoms in total. The molecule has 0 saturated carbocycles. The summed E-state index contributed by atoms with van der Waals surface area (Å²) in [5, 5.41) is 6.56. The summed E-state index contributed by atoms with van der Waals surface area (Å²) >= 11 is 0. The average molecular weight is 309 g/mol. The van der Waals surface area contributed by atoms with Crippen molar-refractivity contribution in [3.05, 3.63) is 35.6 Å². The maximum absolute atomic E-state index is 13.0. The minimum absolute atomic E-state index is 0.137. The highest BCUT2D eigenvalue weighted by molar-refractivity contribution is 5.79. The van der Waals surface area contributed by atoms with Crippen molar-refractivity contribution in [2.24, 2.45) is 4.99 Å². The van der Waals surface area contributed by atoms with E-state index in [0.717, 1.165) is 11.5 Å². The molecule has 0 aliphatic carbocycles. The Kier molecular flexibility index (Phi) is 6.35. The van der Waals surface area contributed by atoms with E-state index >= 15 is 0 Å². The lowest BCUT2D eigenvalue weighted by atomic mass is 9.84. The van der Waals surface area contributed by atoms with E-state index < -0.39 is 0 Å². The van der Waals surface area contributed by atoms with Crippen molar-refractivity contribution in [1.29, 1.82) is 0 Å². The third kappa shape index (κ3) is 5.64. The molecule has 0 aliphatic rings. The number of aliphatic imine (C=N–C) groups is 1. The fourth-order valence-electron chi connectivity index (χ4n) is 1.90. The summed E-state index contributed by atoms with van der Waals surface area (Å²) in [6, 6.07) is 6.62. The van der Waals surface area contributed by atoms with Gasteiger partial charge in [-0.25, -0.2) is 4.39 Å². The first-order chi connectivity index (χ1) is 10.2. The minimum Gasteiger partial charge on any atom is -0.377 e. The molecule has 22 heavy (non-hydrogen) atoms. The molecule has 1 aromatic carbocycles. The smallest absolute Gasteiger partial charge is 0.191 e. The van der Waals surface area contributed by atoms with E-state index in [1.807, 2.05) is 26.0 Å². The van der Waals surface area contributed by atoms with Gasteiger partial charge >= 0.3 is 0 Å². The quantitative estimate of drug-likeness (QED) is 0.627. The van der Waals surface area contributed by atoms with E-state index in [1.165, 1.54) is 12.1 Å². The number of hydrogen-bond donors (Lipinski definition) is 2. The summed E-state index contributed by atoms with van der Waals surface area (Å²) in [7, 11) is 3.43. The summed E-state index contributed by atoms with van der Waals surface area (Å²) in [4.78, 5) is 4.22. The van der Waals surface area contributed by atoms with Gasteiger partial charge in [0.15, 0.2) is 5.96 Å². The lowest BCUT2D eigenvalue weighted by Crippen LogP contribution is -2.48. The van der Waals surface area contributed by atoms with Gasteiger partial charge in [-0.05, 0) is 31.5 Å². The molecule has 0 atom stereocenters. The third-order valence-corrected chi connectivity index (χ3v) is 3.78. The normalized spacial score (nSPS) is 13.1. The van der Waals surface area contributed by atoms with Crippen molar-refractivity contribution in [3.8, 4) is 0 Å². The molecular formula is C17H28FN3O. The van der Waals surface area contributed by atoms with E-state index in [9.17, 15) is 4.39 Å². The Balaban J connectivity index is 2.60. The van der Waals surface area contributed by atoms with Crippen molar-refractivity contribution in [2.45, 2.75) is 38.7 Å². The Morgan fingerprint density at radius 3 is 2.14 bits per heavy atom. The summed E-state index contributed by atoms with van der Waals surface area (Å²) in [5.74, 6) is 0.507. The zero-order valence-electron chi connectivity index (χ0n) is 14.5. The van der Waals surface area contributed by atoms with Crippen LogP contribution in [-0.4, -0.2) is 38.8 Å². The van der Waals surface area contributed by atoms with Crippen LogP contribution in [-0.2, 0) is 10.2 Å². The van der Waals surface area contributed by atoms with Gasteiger partial charge in [-0.1, -0.05) is 26.0 Å². The van der Waals surface area contributed by atoms with Gasteiger partial charge in [-0.3, -0.25) is 4.99 Å². The molecule has 2 N–H and O–H groups in total. The first kappa shape index (κ1) is 18.4. The number of methoxy groups -OCH3 is 1. The van der Waals surface area contributed by atoms with Gasteiger partial charge in [-0.15, -0.1) is 0 Å². The van der Waals surface area contributed by atoms with Crippen LogP contribution in [0.1, 0.15) is 33.3 Å². The molecule has 5 heteroatoms. The molecule has 0 heterocycles. The fourth-order valence-corrected chi connectivity index (χ4v) is 1.90. The summed E-state index contributed by atoms with van der Waals surface area (Å²) < 4.78 is 18.4. The van der Waals surface area contributed by atoms with Gasteiger partial charge in [-0.2, -0.15) is 0 Å². The second-order valence-corrected chi connectivity index (χ2v) is 6.63. The Morgan fingerprint density at radius 2 is 1.64 bits per heavy atom. The van der Waals surface area contributed by atoms with Crippen LogP contribution in [0.25, 0.3) is 0 Å². The molecule has 0 bridgehead atoms. The van der Waals surface area contributed by atoms with Crippen molar-refractivity contribution in [1.82, 2.24) is 10.6 Å². The Labute approximate surface area is 133 Å². The monoisotopic (exact) mass is 309 g/mol. The number of hydrogen-bond acceptors (Lipinski definition) is 2. The second-order valence-electron chi connectivity index (χ2n) is 6.63. The van der Waals surface area contributed by atoms with E-state index in [4.69, 9.17) is 4.74 Å². The Morgan fingerprint density at radius 1 is 1.09 bits per heavy atom. The van der Waals surface area contributed by atoms with Gasteiger partial charge in [0.25, 0.3) is 0 Å². The standard InChI is InChI=1S/C17H28FN3O/c1-16(2,13-7-9-14(18)10-8-13)11-20-15(19-5)21-12-17(3,4)22-6/h7-10H,11-12H2,1-6H3,(H2,19,20,21). The number of ether oxygens (including phenoxy) is 1. The Bertz CT molecular complexity index is 495.